The van der Waals surface area contributed by atoms with Crippen LogP contribution < -0.4 is 5.32 Å². The summed E-state index contributed by atoms with van der Waals surface area (Å²) in [5.41, 5.74) is 0.610. The summed E-state index contributed by atoms with van der Waals surface area (Å²) >= 11 is 0. The lowest BCUT2D eigenvalue weighted by molar-refractivity contribution is -0.384. The highest BCUT2D eigenvalue weighted by Gasteiger charge is 2.28. The molecular formula is C13H24N4O3. The summed E-state index contributed by atoms with van der Waals surface area (Å²) in [7, 11) is 3.34. The molecule has 0 radical (unpaired) electrons. The van der Waals surface area contributed by atoms with Gasteiger partial charge in [-0.05, 0) is 12.3 Å². The van der Waals surface area contributed by atoms with E-state index >= 15 is 0 Å². The summed E-state index contributed by atoms with van der Waals surface area (Å²) in [5, 5.41) is 18.8. The molecule has 0 aliphatic heterocycles. The third-order valence-electron chi connectivity index (χ3n) is 3.23. The third-order valence-corrected chi connectivity index (χ3v) is 3.23. The van der Waals surface area contributed by atoms with Gasteiger partial charge < -0.3 is 10.1 Å². The zero-order valence-corrected chi connectivity index (χ0v) is 12.8. The number of hydrogen-bond acceptors (Lipinski definition) is 5. The maximum Gasteiger partial charge on any atom is 0.334 e. The fourth-order valence-electron chi connectivity index (χ4n) is 2.08. The highest BCUT2D eigenvalue weighted by molar-refractivity contribution is 5.60. The third kappa shape index (κ3) is 3.69. The smallest absolute Gasteiger partial charge is 0.334 e. The predicted molar refractivity (Wildman–Crippen MR) is 78.0 cm³/mol. The molecule has 0 aliphatic rings. The van der Waals surface area contributed by atoms with Gasteiger partial charge in [-0.1, -0.05) is 27.2 Å². The van der Waals surface area contributed by atoms with Gasteiger partial charge in [-0.25, -0.2) is 4.68 Å². The van der Waals surface area contributed by atoms with Crippen LogP contribution in [0.5, 0.6) is 0 Å². The van der Waals surface area contributed by atoms with Crippen LogP contribution in [0.25, 0.3) is 0 Å². The van der Waals surface area contributed by atoms with Crippen LogP contribution in [0.2, 0.25) is 0 Å². The molecule has 1 atom stereocenters. The minimum absolute atomic E-state index is 0.00331. The monoisotopic (exact) mass is 284 g/mol. The number of aromatic nitrogens is 2. The van der Waals surface area contributed by atoms with Crippen molar-refractivity contribution in [2.24, 2.45) is 13.0 Å². The Labute approximate surface area is 119 Å². The summed E-state index contributed by atoms with van der Waals surface area (Å²) in [4.78, 5) is 11.0. The van der Waals surface area contributed by atoms with E-state index in [0.717, 1.165) is 6.42 Å². The maximum absolute atomic E-state index is 11.3. The molecule has 1 N–H and O–H groups in total. The molecule has 0 saturated heterocycles. The summed E-state index contributed by atoms with van der Waals surface area (Å²) in [6, 6.07) is 0.00331. The molecule has 1 rings (SSSR count). The van der Waals surface area contributed by atoms with E-state index < -0.39 is 0 Å². The molecule has 1 aromatic heterocycles. The van der Waals surface area contributed by atoms with Crippen molar-refractivity contribution in [1.82, 2.24) is 9.78 Å². The molecule has 20 heavy (non-hydrogen) atoms. The first-order valence-electron chi connectivity index (χ1n) is 6.88. The fourth-order valence-corrected chi connectivity index (χ4v) is 2.08. The van der Waals surface area contributed by atoms with Crippen LogP contribution >= 0.6 is 0 Å². The molecule has 1 aromatic rings. The van der Waals surface area contributed by atoms with E-state index in [-0.39, 0.29) is 16.7 Å². The van der Waals surface area contributed by atoms with Crippen LogP contribution in [-0.4, -0.2) is 34.5 Å². The molecule has 0 aliphatic carbocycles. The Hall–Kier alpha value is -1.63. The molecule has 7 heteroatoms. The van der Waals surface area contributed by atoms with E-state index in [4.69, 9.17) is 4.74 Å². The van der Waals surface area contributed by atoms with Crippen molar-refractivity contribution in [2.75, 3.05) is 19.0 Å². The van der Waals surface area contributed by atoms with Gasteiger partial charge in [-0.15, -0.1) is 0 Å². The van der Waals surface area contributed by atoms with Gasteiger partial charge in [0.2, 0.25) is 5.82 Å². The zero-order chi connectivity index (χ0) is 15.3. The van der Waals surface area contributed by atoms with Crippen molar-refractivity contribution in [2.45, 2.75) is 39.7 Å². The van der Waals surface area contributed by atoms with E-state index in [1.165, 1.54) is 0 Å². The summed E-state index contributed by atoms with van der Waals surface area (Å²) < 4.78 is 6.72. The van der Waals surface area contributed by atoms with Crippen molar-refractivity contribution in [3.05, 3.63) is 15.8 Å². The van der Waals surface area contributed by atoms with Gasteiger partial charge in [0.15, 0.2) is 0 Å². The highest BCUT2D eigenvalue weighted by Crippen LogP contribution is 2.30. The Morgan fingerprint density at radius 2 is 2.15 bits per heavy atom. The Kier molecular flexibility index (Phi) is 5.94. The second kappa shape index (κ2) is 7.23. The van der Waals surface area contributed by atoms with E-state index in [1.54, 1.807) is 18.8 Å². The van der Waals surface area contributed by atoms with Crippen molar-refractivity contribution in [3.8, 4) is 0 Å². The molecule has 0 amide bonds. The van der Waals surface area contributed by atoms with E-state index in [0.29, 0.717) is 30.5 Å². The number of hydrogen-bond donors (Lipinski definition) is 1. The average molecular weight is 284 g/mol. The lowest BCUT2D eigenvalue weighted by atomic mass is 10.1. The Morgan fingerprint density at radius 1 is 1.50 bits per heavy atom. The maximum atomic E-state index is 11.3. The molecule has 0 saturated carbocycles. The summed E-state index contributed by atoms with van der Waals surface area (Å²) in [5.74, 6) is 0.744. The van der Waals surface area contributed by atoms with Gasteiger partial charge in [0, 0.05) is 14.2 Å². The van der Waals surface area contributed by atoms with Gasteiger partial charge in [0.25, 0.3) is 0 Å². The number of anilines is 1. The molecule has 0 bridgehead atoms. The molecule has 0 aromatic carbocycles. The lowest BCUT2D eigenvalue weighted by Gasteiger charge is -2.22. The van der Waals surface area contributed by atoms with Crippen LogP contribution in [0.3, 0.4) is 0 Å². The summed E-state index contributed by atoms with van der Waals surface area (Å²) in [6.45, 7) is 6.56. The number of rotatable bonds is 8. The van der Waals surface area contributed by atoms with Gasteiger partial charge in [0.05, 0.1) is 17.6 Å². The van der Waals surface area contributed by atoms with Gasteiger partial charge in [0.1, 0.15) is 5.69 Å². The predicted octanol–water partition coefficient (Wildman–Crippen LogP) is 2.36. The number of nitro groups is 1. The SMILES string of the molecule is CCCc1nn(C)c(NC(COC)C(C)C)c1[N+](=O)[O-]. The Bertz CT molecular complexity index is 457. The van der Waals surface area contributed by atoms with Crippen molar-refractivity contribution in [3.63, 3.8) is 0 Å². The minimum Gasteiger partial charge on any atom is -0.383 e. The lowest BCUT2D eigenvalue weighted by Crippen LogP contribution is -2.31. The fraction of sp³-hybridized carbons (Fsp3) is 0.769. The Balaban J connectivity index is 3.12. The van der Waals surface area contributed by atoms with Crippen LogP contribution in [0.1, 0.15) is 32.9 Å². The number of ether oxygens (including phenoxy) is 1. The number of aryl methyl sites for hydroxylation is 2. The zero-order valence-electron chi connectivity index (χ0n) is 12.8. The van der Waals surface area contributed by atoms with Crippen molar-refractivity contribution < 1.29 is 9.66 Å². The molecule has 1 unspecified atom stereocenters. The normalized spacial score (nSPS) is 12.7. The van der Waals surface area contributed by atoms with Gasteiger partial charge in [-0.2, -0.15) is 5.10 Å². The molecule has 114 valence electrons. The van der Waals surface area contributed by atoms with Crippen LogP contribution in [0.15, 0.2) is 0 Å². The summed E-state index contributed by atoms with van der Waals surface area (Å²) in [6.07, 6.45) is 1.42. The molecule has 0 spiro atoms. The largest absolute Gasteiger partial charge is 0.383 e. The molecule has 1 heterocycles. The number of methoxy groups -OCH3 is 1. The van der Waals surface area contributed by atoms with Crippen molar-refractivity contribution >= 4 is 11.5 Å². The van der Waals surface area contributed by atoms with E-state index in [9.17, 15) is 10.1 Å². The first-order valence-corrected chi connectivity index (χ1v) is 6.88. The van der Waals surface area contributed by atoms with Gasteiger partial charge in [-0.3, -0.25) is 10.1 Å². The highest BCUT2D eigenvalue weighted by atomic mass is 16.6. The average Bonchev–Trinajstić information content (AvgIpc) is 2.65. The molecule has 7 nitrogen and oxygen atoms in total. The number of nitrogens with one attached hydrogen (secondary N) is 1. The van der Waals surface area contributed by atoms with E-state index in [2.05, 4.69) is 10.4 Å². The van der Waals surface area contributed by atoms with Crippen LogP contribution in [-0.2, 0) is 18.2 Å². The second-order valence-corrected chi connectivity index (χ2v) is 5.22. The topological polar surface area (TPSA) is 82.2 Å². The number of nitrogens with zero attached hydrogens (tertiary/aromatic N) is 3. The minimum atomic E-state index is -0.357. The van der Waals surface area contributed by atoms with Crippen LogP contribution in [0, 0.1) is 16.0 Å². The molecular weight excluding hydrogens is 260 g/mol. The Morgan fingerprint density at radius 3 is 2.60 bits per heavy atom. The quantitative estimate of drug-likeness (QED) is 0.585. The van der Waals surface area contributed by atoms with Crippen molar-refractivity contribution in [1.29, 1.82) is 0 Å². The van der Waals surface area contributed by atoms with E-state index in [1.807, 2.05) is 20.8 Å². The first kappa shape index (κ1) is 16.4. The first-order chi connectivity index (χ1) is 9.42. The standard InChI is InChI=1S/C13H24N4O3/c1-6-7-10-12(17(18)19)13(16(4)15-10)14-11(8-20-5)9(2)3/h9,11,14H,6-8H2,1-5H3. The van der Waals surface area contributed by atoms with Crippen LogP contribution in [0.4, 0.5) is 11.5 Å². The second-order valence-electron chi connectivity index (χ2n) is 5.22. The van der Waals surface area contributed by atoms with Gasteiger partial charge >= 0.3 is 5.69 Å². The molecule has 0 fully saturated rings.